The fraction of sp³-hybridized carbons (Fsp3) is 0.190. The van der Waals surface area contributed by atoms with Crippen LogP contribution in [0, 0.1) is 0 Å². The largest absolute Gasteiger partial charge is 0.497 e. The lowest BCUT2D eigenvalue weighted by molar-refractivity contribution is -0.136. The maximum Gasteiger partial charge on any atom is 0.304 e. The second-order valence-electron chi connectivity index (χ2n) is 6.00. The van der Waals surface area contributed by atoms with E-state index >= 15 is 0 Å². The van der Waals surface area contributed by atoms with Crippen molar-refractivity contribution < 1.29 is 24.2 Å². The quantitative estimate of drug-likeness (QED) is 0.699. The molecule has 0 bridgehead atoms. The average Bonchev–Trinajstić information content (AvgIpc) is 3.03. The van der Waals surface area contributed by atoms with Crippen LogP contribution in [0.3, 0.4) is 0 Å². The summed E-state index contributed by atoms with van der Waals surface area (Å²) in [6.45, 7) is 0. The minimum Gasteiger partial charge on any atom is -0.497 e. The number of rotatable bonds is 7. The highest BCUT2D eigenvalue weighted by Crippen LogP contribution is 2.32. The Morgan fingerprint density at radius 1 is 1.17 bits per heavy atom. The molecule has 0 aliphatic carbocycles. The number of carbonyl (C=O) groups excluding carboxylic acids is 1. The number of aliphatic carboxylic acids is 1. The Labute approximate surface area is 172 Å². The van der Waals surface area contributed by atoms with Gasteiger partial charge in [-0.2, -0.15) is 0 Å². The van der Waals surface area contributed by atoms with Gasteiger partial charge < -0.3 is 14.6 Å². The number of methoxy groups -OCH3 is 2. The molecule has 0 saturated carbocycles. The van der Waals surface area contributed by atoms with E-state index in [4.69, 9.17) is 14.6 Å². The first kappa shape index (κ1) is 20.5. The van der Waals surface area contributed by atoms with Gasteiger partial charge in [0, 0.05) is 17.4 Å². The zero-order chi connectivity index (χ0) is 20.8. The number of carbonyl (C=O) groups is 2. The Morgan fingerprint density at radius 3 is 2.59 bits per heavy atom. The van der Waals surface area contributed by atoms with Gasteiger partial charge in [-0.05, 0) is 30.3 Å². The van der Waals surface area contributed by atoms with E-state index in [0.29, 0.717) is 33.7 Å². The van der Waals surface area contributed by atoms with Crippen molar-refractivity contribution in [3.05, 3.63) is 59.8 Å². The van der Waals surface area contributed by atoms with Gasteiger partial charge in [0.2, 0.25) is 0 Å². The van der Waals surface area contributed by atoms with Gasteiger partial charge in [0.15, 0.2) is 5.17 Å². The Balaban J connectivity index is 1.96. The number of thioether (sulfide) groups is 1. The smallest absolute Gasteiger partial charge is 0.304 e. The second kappa shape index (κ2) is 9.29. The number of carboxylic acid groups (broad SMARTS) is 1. The molecule has 0 spiro atoms. The molecule has 1 aliphatic heterocycles. The van der Waals surface area contributed by atoms with Gasteiger partial charge in [-0.3, -0.25) is 14.5 Å². The van der Waals surface area contributed by atoms with Gasteiger partial charge in [-0.25, -0.2) is 4.99 Å². The zero-order valence-corrected chi connectivity index (χ0v) is 16.8. The van der Waals surface area contributed by atoms with Crippen LogP contribution in [0.4, 0.5) is 5.69 Å². The SMILES string of the molecule is COc1ccc(/C=C2\N=C(SCCC(=O)O)N(c3ccccc3)C2=O)c(OC)c1. The number of amidine groups is 1. The summed E-state index contributed by atoms with van der Waals surface area (Å²) in [7, 11) is 3.11. The van der Waals surface area contributed by atoms with Gasteiger partial charge in [-0.1, -0.05) is 30.0 Å². The lowest BCUT2D eigenvalue weighted by Gasteiger charge is -2.17. The summed E-state index contributed by atoms with van der Waals surface area (Å²) in [6, 6.07) is 14.4. The molecule has 2 aromatic carbocycles. The number of para-hydroxylation sites is 1. The van der Waals surface area contributed by atoms with Gasteiger partial charge in [0.05, 0.1) is 26.3 Å². The Bertz CT molecular complexity index is 972. The van der Waals surface area contributed by atoms with Crippen LogP contribution in [0.5, 0.6) is 11.5 Å². The molecule has 1 amide bonds. The Hall–Kier alpha value is -3.26. The van der Waals surface area contributed by atoms with Crippen LogP contribution >= 0.6 is 11.8 Å². The van der Waals surface area contributed by atoms with Crippen LogP contribution in [0.2, 0.25) is 0 Å². The van der Waals surface area contributed by atoms with Crippen LogP contribution in [0.1, 0.15) is 12.0 Å². The topological polar surface area (TPSA) is 88.4 Å². The first-order valence-corrected chi connectivity index (χ1v) is 9.78. The summed E-state index contributed by atoms with van der Waals surface area (Å²) in [5.41, 5.74) is 1.60. The molecule has 0 aromatic heterocycles. The number of carboxylic acids is 1. The molecular formula is C21H20N2O5S. The van der Waals surface area contributed by atoms with E-state index < -0.39 is 5.97 Å². The molecule has 7 nitrogen and oxygen atoms in total. The second-order valence-corrected chi connectivity index (χ2v) is 7.06. The molecule has 0 atom stereocenters. The van der Waals surface area contributed by atoms with Gasteiger partial charge in [0.1, 0.15) is 17.2 Å². The normalized spacial score (nSPS) is 14.8. The fourth-order valence-electron chi connectivity index (χ4n) is 2.71. The van der Waals surface area contributed by atoms with Gasteiger partial charge in [0.25, 0.3) is 5.91 Å². The number of benzene rings is 2. The predicted molar refractivity (Wildman–Crippen MR) is 114 cm³/mol. The van der Waals surface area contributed by atoms with E-state index in [0.717, 1.165) is 0 Å². The zero-order valence-electron chi connectivity index (χ0n) is 16.0. The molecule has 1 aliphatic rings. The number of hydrogen-bond acceptors (Lipinski definition) is 6. The highest BCUT2D eigenvalue weighted by molar-refractivity contribution is 8.14. The lowest BCUT2D eigenvalue weighted by atomic mass is 10.1. The molecular weight excluding hydrogens is 392 g/mol. The van der Waals surface area contributed by atoms with Crippen molar-refractivity contribution in [2.24, 2.45) is 4.99 Å². The highest BCUT2D eigenvalue weighted by atomic mass is 32.2. The third-order valence-corrected chi connectivity index (χ3v) is 5.06. The third-order valence-electron chi connectivity index (χ3n) is 4.12. The van der Waals surface area contributed by atoms with E-state index in [1.807, 2.05) is 30.3 Å². The molecule has 8 heteroatoms. The predicted octanol–water partition coefficient (Wildman–Crippen LogP) is 3.66. The molecule has 150 valence electrons. The van der Waals surface area contributed by atoms with Crippen LogP contribution in [0.25, 0.3) is 6.08 Å². The molecule has 0 saturated heterocycles. The first-order chi connectivity index (χ1) is 14.0. The van der Waals surface area contributed by atoms with Crippen molar-refractivity contribution in [2.75, 3.05) is 24.9 Å². The van der Waals surface area contributed by atoms with Crippen molar-refractivity contribution in [2.45, 2.75) is 6.42 Å². The number of amides is 1. The maximum atomic E-state index is 13.1. The van der Waals surface area contributed by atoms with Crippen LogP contribution in [-0.4, -0.2) is 42.1 Å². The Morgan fingerprint density at radius 2 is 1.93 bits per heavy atom. The minimum absolute atomic E-state index is 0.0220. The summed E-state index contributed by atoms with van der Waals surface area (Å²) < 4.78 is 10.6. The van der Waals surface area contributed by atoms with E-state index in [-0.39, 0.29) is 18.0 Å². The van der Waals surface area contributed by atoms with Gasteiger partial charge in [-0.15, -0.1) is 0 Å². The monoisotopic (exact) mass is 412 g/mol. The Kier molecular flexibility index (Phi) is 6.56. The molecule has 3 rings (SSSR count). The number of aliphatic imine (C=N–C) groups is 1. The molecule has 2 aromatic rings. The highest BCUT2D eigenvalue weighted by Gasteiger charge is 2.32. The van der Waals surface area contributed by atoms with Crippen molar-refractivity contribution in [3.8, 4) is 11.5 Å². The number of anilines is 1. The summed E-state index contributed by atoms with van der Waals surface area (Å²) in [5.74, 6) is 0.322. The molecule has 1 heterocycles. The van der Waals surface area contributed by atoms with E-state index in [9.17, 15) is 9.59 Å². The van der Waals surface area contributed by atoms with E-state index in [2.05, 4.69) is 4.99 Å². The van der Waals surface area contributed by atoms with Crippen LogP contribution in [0.15, 0.2) is 59.2 Å². The van der Waals surface area contributed by atoms with Crippen molar-refractivity contribution in [1.29, 1.82) is 0 Å². The van der Waals surface area contributed by atoms with E-state index in [1.165, 1.54) is 16.7 Å². The number of hydrogen-bond donors (Lipinski definition) is 1. The summed E-state index contributed by atoms with van der Waals surface area (Å²) in [4.78, 5) is 29.9. The number of nitrogens with zero attached hydrogens (tertiary/aromatic N) is 2. The molecule has 0 unspecified atom stereocenters. The number of ether oxygens (including phenoxy) is 2. The third kappa shape index (κ3) is 4.78. The summed E-state index contributed by atoms with van der Waals surface area (Å²) >= 11 is 1.23. The van der Waals surface area contributed by atoms with Crippen molar-refractivity contribution >= 4 is 40.6 Å². The summed E-state index contributed by atoms with van der Waals surface area (Å²) in [5, 5.41) is 9.35. The van der Waals surface area contributed by atoms with Crippen LogP contribution in [-0.2, 0) is 9.59 Å². The van der Waals surface area contributed by atoms with Crippen molar-refractivity contribution in [3.63, 3.8) is 0 Å². The fourth-order valence-corrected chi connectivity index (χ4v) is 3.65. The minimum atomic E-state index is -0.896. The van der Waals surface area contributed by atoms with Crippen molar-refractivity contribution in [1.82, 2.24) is 0 Å². The molecule has 1 N–H and O–H groups in total. The lowest BCUT2D eigenvalue weighted by Crippen LogP contribution is -2.30. The molecule has 0 radical (unpaired) electrons. The molecule has 0 fully saturated rings. The standard InChI is InChI=1S/C21H20N2O5S/c1-27-16-9-8-14(18(13-16)28-2)12-17-20(26)23(15-6-4-3-5-7-15)21(22-17)29-11-10-19(24)25/h3-9,12-13H,10-11H2,1-2H3,(H,24,25)/b17-12-. The maximum absolute atomic E-state index is 13.1. The first-order valence-electron chi connectivity index (χ1n) is 8.80. The van der Waals surface area contributed by atoms with Crippen LogP contribution < -0.4 is 14.4 Å². The molecule has 29 heavy (non-hydrogen) atoms. The van der Waals surface area contributed by atoms with E-state index in [1.54, 1.807) is 38.5 Å². The van der Waals surface area contributed by atoms with Gasteiger partial charge >= 0.3 is 5.97 Å². The summed E-state index contributed by atoms with van der Waals surface area (Å²) in [6.07, 6.45) is 1.63. The average molecular weight is 412 g/mol.